The molecule has 2 heterocycles. The number of Topliss-reactive ketones (excluding diaryl/α,β-unsaturated/α-hetero) is 1. The number of hydrogen-bond acceptors (Lipinski definition) is 4. The van der Waals surface area contributed by atoms with Crippen molar-refractivity contribution in [1.82, 2.24) is 10.4 Å². The van der Waals surface area contributed by atoms with Crippen molar-refractivity contribution in [3.63, 3.8) is 0 Å². The Hall–Kier alpha value is -0.450. The number of nitrogens with zero attached hydrogens (tertiary/aromatic N) is 1. The molecule has 16 heavy (non-hydrogen) atoms. The van der Waals surface area contributed by atoms with Gasteiger partial charge in [-0.3, -0.25) is 14.5 Å². The van der Waals surface area contributed by atoms with Gasteiger partial charge in [-0.15, -0.1) is 0 Å². The topological polar surface area (TPSA) is 41.6 Å². The zero-order valence-electron chi connectivity index (χ0n) is 10.6. The second-order valence-corrected chi connectivity index (χ2v) is 5.82. The molecule has 0 bridgehead atoms. The van der Waals surface area contributed by atoms with Gasteiger partial charge in [-0.1, -0.05) is 27.7 Å². The molecule has 0 aliphatic carbocycles. The number of likely N-dealkylation sites (N-methyl/N-ethyl adjacent to an activating group) is 1. The minimum atomic E-state index is -0.268. The summed E-state index contributed by atoms with van der Waals surface area (Å²) in [5.74, 6) is 0.667. The summed E-state index contributed by atoms with van der Waals surface area (Å²) in [7, 11) is 0. The number of carbonyl (C=O) groups excluding carboxylic acids is 1. The Morgan fingerprint density at radius 2 is 2.19 bits per heavy atom. The lowest BCUT2D eigenvalue weighted by molar-refractivity contribution is -0.131. The molecule has 0 aromatic carbocycles. The third kappa shape index (κ3) is 1.90. The van der Waals surface area contributed by atoms with Gasteiger partial charge >= 0.3 is 0 Å². The number of hydrogen-bond donors (Lipinski definition) is 1. The highest BCUT2D eigenvalue weighted by molar-refractivity contribution is 5.89. The van der Waals surface area contributed by atoms with Gasteiger partial charge < -0.3 is 0 Å². The van der Waals surface area contributed by atoms with E-state index >= 15 is 0 Å². The van der Waals surface area contributed by atoms with Gasteiger partial charge in [0.05, 0.1) is 12.1 Å². The molecule has 2 rings (SSSR count). The quantitative estimate of drug-likeness (QED) is 0.757. The highest BCUT2D eigenvalue weighted by Gasteiger charge is 2.50. The Morgan fingerprint density at radius 1 is 1.50 bits per heavy atom. The van der Waals surface area contributed by atoms with Gasteiger partial charge in [0.15, 0.2) is 5.78 Å². The highest BCUT2D eigenvalue weighted by Crippen LogP contribution is 2.34. The van der Waals surface area contributed by atoms with E-state index in [4.69, 9.17) is 4.84 Å². The summed E-state index contributed by atoms with van der Waals surface area (Å²) in [6.07, 6.45) is 0.191. The molecule has 0 saturated carbocycles. The maximum absolute atomic E-state index is 12.5. The molecule has 2 aliphatic rings. The summed E-state index contributed by atoms with van der Waals surface area (Å²) in [6.45, 7) is 10.7. The highest BCUT2D eigenvalue weighted by atomic mass is 16.7. The number of fused-ring (bicyclic) bond motifs is 1. The number of carbonyl (C=O) groups is 1. The molecule has 0 spiro atoms. The van der Waals surface area contributed by atoms with Crippen LogP contribution in [0.4, 0.5) is 0 Å². The third-order valence-electron chi connectivity index (χ3n) is 3.66. The van der Waals surface area contributed by atoms with Crippen LogP contribution in [0, 0.1) is 11.3 Å². The minimum absolute atomic E-state index is 0.0324. The van der Waals surface area contributed by atoms with Gasteiger partial charge in [0, 0.05) is 24.4 Å². The van der Waals surface area contributed by atoms with Gasteiger partial charge in [-0.25, -0.2) is 5.48 Å². The lowest BCUT2D eigenvalue weighted by Crippen LogP contribution is -2.46. The molecule has 0 radical (unpaired) electrons. The van der Waals surface area contributed by atoms with Gasteiger partial charge in [0.2, 0.25) is 0 Å². The van der Waals surface area contributed by atoms with Crippen LogP contribution < -0.4 is 5.48 Å². The first kappa shape index (κ1) is 12.0. The molecule has 4 nitrogen and oxygen atoms in total. The minimum Gasteiger partial charge on any atom is -0.297 e. The molecule has 4 heteroatoms. The fourth-order valence-electron chi connectivity index (χ4n) is 2.70. The first-order valence-corrected chi connectivity index (χ1v) is 6.12. The predicted octanol–water partition coefficient (Wildman–Crippen LogP) is 0.825. The molecule has 2 fully saturated rings. The van der Waals surface area contributed by atoms with E-state index in [2.05, 4.69) is 17.3 Å². The smallest absolute Gasteiger partial charge is 0.155 e. The Kier molecular flexibility index (Phi) is 3.07. The Labute approximate surface area is 97.3 Å². The lowest BCUT2D eigenvalue weighted by atomic mass is 9.81. The van der Waals surface area contributed by atoms with Crippen molar-refractivity contribution in [2.45, 2.75) is 39.8 Å². The Balaban J connectivity index is 2.19. The number of hydroxylamine groups is 1. The number of ketones is 1. The number of rotatable bonds is 2. The molecule has 0 aromatic heterocycles. The largest absolute Gasteiger partial charge is 0.297 e. The van der Waals surface area contributed by atoms with E-state index in [0.717, 1.165) is 19.6 Å². The molecular formula is C12H22N2O2. The third-order valence-corrected chi connectivity index (χ3v) is 3.66. The molecular weight excluding hydrogens is 204 g/mol. The zero-order valence-corrected chi connectivity index (χ0v) is 10.6. The van der Waals surface area contributed by atoms with Crippen LogP contribution in [-0.2, 0) is 9.63 Å². The first-order chi connectivity index (χ1) is 7.45. The standard InChI is InChI=1S/C12H22N2O2/c1-5-14-7-9-8(6-13-16-9)10(14)11(15)12(2,3)4/h8-10,13H,5-7H2,1-4H3. The summed E-state index contributed by atoms with van der Waals surface area (Å²) < 4.78 is 0. The second-order valence-electron chi connectivity index (χ2n) is 5.82. The molecule has 2 aliphatic heterocycles. The maximum atomic E-state index is 12.5. The van der Waals surface area contributed by atoms with Crippen molar-refractivity contribution in [3.8, 4) is 0 Å². The summed E-state index contributed by atoms with van der Waals surface area (Å²) in [4.78, 5) is 20.2. The van der Waals surface area contributed by atoms with Crippen molar-refractivity contribution in [1.29, 1.82) is 0 Å². The van der Waals surface area contributed by atoms with Crippen LogP contribution in [0.2, 0.25) is 0 Å². The van der Waals surface area contributed by atoms with E-state index in [0.29, 0.717) is 11.7 Å². The van der Waals surface area contributed by atoms with E-state index in [-0.39, 0.29) is 17.6 Å². The van der Waals surface area contributed by atoms with E-state index < -0.39 is 0 Å². The summed E-state index contributed by atoms with van der Waals surface area (Å²) >= 11 is 0. The van der Waals surface area contributed by atoms with Crippen molar-refractivity contribution in [3.05, 3.63) is 0 Å². The molecule has 92 valence electrons. The van der Waals surface area contributed by atoms with E-state index in [9.17, 15) is 4.79 Å². The van der Waals surface area contributed by atoms with Crippen molar-refractivity contribution in [2.75, 3.05) is 19.6 Å². The van der Waals surface area contributed by atoms with E-state index in [1.165, 1.54) is 0 Å². The molecule has 1 N–H and O–H groups in total. The molecule has 3 atom stereocenters. The summed E-state index contributed by atoms with van der Waals surface area (Å²) in [6, 6.07) is 0.0324. The second kappa shape index (κ2) is 4.09. The van der Waals surface area contributed by atoms with Crippen LogP contribution in [0.25, 0.3) is 0 Å². The average molecular weight is 226 g/mol. The molecule has 2 saturated heterocycles. The van der Waals surface area contributed by atoms with Gasteiger partial charge in [-0.05, 0) is 6.54 Å². The Morgan fingerprint density at radius 3 is 2.75 bits per heavy atom. The van der Waals surface area contributed by atoms with Crippen LogP contribution in [0.5, 0.6) is 0 Å². The van der Waals surface area contributed by atoms with Gasteiger partial charge in [0.1, 0.15) is 0 Å². The SMILES string of the molecule is CCN1CC2ONCC2C1C(=O)C(C)(C)C. The number of likely N-dealkylation sites (tertiary alicyclic amines) is 1. The van der Waals surface area contributed by atoms with Crippen molar-refractivity contribution in [2.24, 2.45) is 11.3 Å². The summed E-state index contributed by atoms with van der Waals surface area (Å²) in [5.41, 5.74) is 2.66. The molecule has 3 unspecified atom stereocenters. The average Bonchev–Trinajstić information content (AvgIpc) is 2.73. The normalized spacial score (nSPS) is 35.4. The Bertz CT molecular complexity index is 285. The lowest BCUT2D eigenvalue weighted by Gasteiger charge is -2.30. The van der Waals surface area contributed by atoms with Crippen LogP contribution in [0.3, 0.4) is 0 Å². The maximum Gasteiger partial charge on any atom is 0.155 e. The predicted molar refractivity (Wildman–Crippen MR) is 61.9 cm³/mol. The molecule has 0 amide bonds. The van der Waals surface area contributed by atoms with E-state index in [1.807, 2.05) is 20.8 Å². The van der Waals surface area contributed by atoms with Crippen LogP contribution in [-0.4, -0.2) is 42.5 Å². The fraction of sp³-hybridized carbons (Fsp3) is 0.917. The number of nitrogens with one attached hydrogen (secondary N) is 1. The molecule has 0 aromatic rings. The zero-order chi connectivity index (χ0) is 11.9. The van der Waals surface area contributed by atoms with Crippen LogP contribution >= 0.6 is 0 Å². The van der Waals surface area contributed by atoms with Crippen molar-refractivity contribution < 1.29 is 9.63 Å². The van der Waals surface area contributed by atoms with Gasteiger partial charge in [-0.2, -0.15) is 0 Å². The van der Waals surface area contributed by atoms with E-state index in [1.54, 1.807) is 0 Å². The van der Waals surface area contributed by atoms with Gasteiger partial charge in [0.25, 0.3) is 0 Å². The van der Waals surface area contributed by atoms with Crippen LogP contribution in [0.1, 0.15) is 27.7 Å². The first-order valence-electron chi connectivity index (χ1n) is 6.12. The fourth-order valence-corrected chi connectivity index (χ4v) is 2.70. The van der Waals surface area contributed by atoms with Crippen LogP contribution in [0.15, 0.2) is 0 Å². The van der Waals surface area contributed by atoms with Crippen molar-refractivity contribution >= 4 is 5.78 Å². The summed E-state index contributed by atoms with van der Waals surface area (Å²) in [5, 5.41) is 0. The monoisotopic (exact) mass is 226 g/mol.